The van der Waals surface area contributed by atoms with Crippen LogP contribution < -0.4 is 0 Å². The van der Waals surface area contributed by atoms with Gasteiger partial charge >= 0.3 is 0 Å². The predicted octanol–water partition coefficient (Wildman–Crippen LogP) is 5.86. The smallest absolute Gasteiger partial charge is 0.123 e. The second kappa shape index (κ2) is 7.07. The Labute approximate surface area is 141 Å². The summed E-state index contributed by atoms with van der Waals surface area (Å²) >= 11 is 5.15. The first-order valence-electron chi connectivity index (χ1n) is 6.80. The number of hydrogen-bond acceptors (Lipinski definition) is 2. The van der Waals surface area contributed by atoms with Crippen molar-refractivity contribution in [3.8, 4) is 0 Å². The van der Waals surface area contributed by atoms with Gasteiger partial charge in [0.1, 0.15) is 5.82 Å². The van der Waals surface area contributed by atoms with Crippen LogP contribution in [-0.4, -0.2) is 4.98 Å². The lowest BCUT2D eigenvalue weighted by atomic mass is 10.1. The van der Waals surface area contributed by atoms with Crippen LogP contribution in [0.25, 0.3) is 0 Å². The minimum Gasteiger partial charge on any atom is -0.264 e. The molecule has 1 nitrogen and oxygen atoms in total. The van der Waals surface area contributed by atoms with Crippen molar-refractivity contribution in [3.63, 3.8) is 0 Å². The van der Waals surface area contributed by atoms with Gasteiger partial charge in [0.25, 0.3) is 0 Å². The maximum atomic E-state index is 13.1. The molecule has 4 heteroatoms. The van der Waals surface area contributed by atoms with Crippen molar-refractivity contribution in [3.05, 3.63) is 94.5 Å². The van der Waals surface area contributed by atoms with Gasteiger partial charge in [-0.3, -0.25) is 4.98 Å². The lowest BCUT2D eigenvalue weighted by molar-refractivity contribution is 0.626. The summed E-state index contributed by atoms with van der Waals surface area (Å²) in [7, 11) is 0. The van der Waals surface area contributed by atoms with Gasteiger partial charge in [0.05, 0.1) is 5.25 Å². The normalized spacial score (nSPS) is 12.1. The Bertz CT molecular complexity index is 729. The highest BCUT2D eigenvalue weighted by molar-refractivity contribution is 9.10. The number of pyridine rings is 1. The van der Waals surface area contributed by atoms with E-state index < -0.39 is 0 Å². The van der Waals surface area contributed by atoms with Crippen molar-refractivity contribution in [2.45, 2.75) is 10.1 Å². The van der Waals surface area contributed by atoms with E-state index in [0.29, 0.717) is 0 Å². The van der Waals surface area contributed by atoms with Crippen LogP contribution >= 0.6 is 27.7 Å². The van der Waals surface area contributed by atoms with Crippen LogP contribution in [0.3, 0.4) is 0 Å². The number of aromatic nitrogens is 1. The minimum atomic E-state index is -0.217. The van der Waals surface area contributed by atoms with Crippen molar-refractivity contribution >= 4 is 27.7 Å². The molecule has 0 N–H and O–H groups in total. The van der Waals surface area contributed by atoms with Crippen molar-refractivity contribution in [1.82, 2.24) is 4.98 Å². The summed E-state index contributed by atoms with van der Waals surface area (Å²) in [6.07, 6.45) is 3.65. The molecule has 0 saturated carbocycles. The van der Waals surface area contributed by atoms with Gasteiger partial charge in [-0.05, 0) is 53.6 Å². The van der Waals surface area contributed by atoms with Gasteiger partial charge in [-0.1, -0.05) is 34.1 Å². The Morgan fingerprint density at radius 2 is 1.64 bits per heavy atom. The average molecular weight is 374 g/mol. The first-order chi connectivity index (χ1) is 10.7. The van der Waals surface area contributed by atoms with Crippen molar-refractivity contribution in [2.24, 2.45) is 0 Å². The fraction of sp³-hybridized carbons (Fsp3) is 0.0556. The maximum absolute atomic E-state index is 13.1. The Balaban J connectivity index is 1.96. The summed E-state index contributed by atoms with van der Waals surface area (Å²) in [5, 5.41) is 0.118. The van der Waals surface area contributed by atoms with E-state index in [9.17, 15) is 4.39 Å². The maximum Gasteiger partial charge on any atom is 0.123 e. The average Bonchev–Trinajstić information content (AvgIpc) is 2.56. The van der Waals surface area contributed by atoms with Gasteiger partial charge in [0.2, 0.25) is 0 Å². The molecule has 0 aliphatic rings. The Hall–Kier alpha value is -1.65. The van der Waals surface area contributed by atoms with Gasteiger partial charge in [0, 0.05) is 21.8 Å². The molecule has 3 rings (SSSR count). The minimum absolute atomic E-state index is 0.118. The summed E-state index contributed by atoms with van der Waals surface area (Å²) < 4.78 is 14.1. The second-order valence-electron chi connectivity index (χ2n) is 4.79. The summed E-state index contributed by atoms with van der Waals surface area (Å²) in [6.45, 7) is 0. The number of rotatable bonds is 4. The third kappa shape index (κ3) is 3.76. The summed E-state index contributed by atoms with van der Waals surface area (Å²) in [5.41, 5.74) is 2.31. The molecular weight excluding hydrogens is 361 g/mol. The van der Waals surface area contributed by atoms with Gasteiger partial charge in [-0.25, -0.2) is 4.39 Å². The quantitative estimate of drug-likeness (QED) is 0.530. The molecule has 0 amide bonds. The zero-order valence-corrected chi connectivity index (χ0v) is 14.0. The first-order valence-corrected chi connectivity index (χ1v) is 8.47. The highest BCUT2D eigenvalue weighted by atomic mass is 79.9. The highest BCUT2D eigenvalue weighted by Crippen LogP contribution is 2.40. The standard InChI is InChI=1S/C18H13BrFNS/c19-15-5-3-13(4-6-15)18(14-2-1-11-21-12-14)22-17-9-7-16(20)8-10-17/h1-12,18H. The molecule has 0 spiro atoms. The fourth-order valence-electron chi connectivity index (χ4n) is 2.15. The van der Waals surface area contributed by atoms with Gasteiger partial charge < -0.3 is 0 Å². The van der Waals surface area contributed by atoms with E-state index in [4.69, 9.17) is 0 Å². The van der Waals surface area contributed by atoms with Crippen molar-refractivity contribution in [2.75, 3.05) is 0 Å². The van der Waals surface area contributed by atoms with Gasteiger partial charge in [-0.15, -0.1) is 11.8 Å². The van der Waals surface area contributed by atoms with Crippen LogP contribution in [0.1, 0.15) is 16.4 Å². The van der Waals surface area contributed by atoms with Gasteiger partial charge in [0.15, 0.2) is 0 Å². The topological polar surface area (TPSA) is 12.9 Å². The molecule has 1 unspecified atom stereocenters. The zero-order valence-electron chi connectivity index (χ0n) is 11.6. The lowest BCUT2D eigenvalue weighted by Crippen LogP contribution is -1.97. The summed E-state index contributed by atoms with van der Waals surface area (Å²) in [5.74, 6) is -0.217. The predicted molar refractivity (Wildman–Crippen MR) is 92.5 cm³/mol. The first kappa shape index (κ1) is 15.3. The van der Waals surface area contributed by atoms with Crippen LogP contribution in [0, 0.1) is 5.82 Å². The van der Waals surface area contributed by atoms with E-state index in [1.807, 2.05) is 36.5 Å². The van der Waals surface area contributed by atoms with Crippen LogP contribution in [-0.2, 0) is 0 Å². The number of hydrogen-bond donors (Lipinski definition) is 0. The molecule has 0 aliphatic carbocycles. The van der Waals surface area contributed by atoms with E-state index in [2.05, 4.69) is 39.1 Å². The molecular formula is C18H13BrFNS. The third-order valence-corrected chi connectivity index (χ3v) is 5.08. The highest BCUT2D eigenvalue weighted by Gasteiger charge is 2.16. The zero-order chi connectivity index (χ0) is 15.4. The molecule has 22 heavy (non-hydrogen) atoms. The van der Waals surface area contributed by atoms with Crippen LogP contribution in [0.4, 0.5) is 4.39 Å². The molecule has 110 valence electrons. The van der Waals surface area contributed by atoms with E-state index in [1.165, 1.54) is 17.7 Å². The molecule has 0 radical (unpaired) electrons. The van der Waals surface area contributed by atoms with Crippen LogP contribution in [0.5, 0.6) is 0 Å². The molecule has 0 aliphatic heterocycles. The van der Waals surface area contributed by atoms with E-state index in [0.717, 1.165) is 14.9 Å². The molecule has 0 saturated heterocycles. The number of benzene rings is 2. The molecule has 1 aromatic heterocycles. The van der Waals surface area contributed by atoms with E-state index >= 15 is 0 Å². The van der Waals surface area contributed by atoms with Crippen molar-refractivity contribution < 1.29 is 4.39 Å². The molecule has 0 bridgehead atoms. The monoisotopic (exact) mass is 373 g/mol. The second-order valence-corrected chi connectivity index (χ2v) is 6.88. The number of thioether (sulfide) groups is 1. The molecule has 0 fully saturated rings. The molecule has 1 heterocycles. The molecule has 3 aromatic rings. The number of nitrogens with zero attached hydrogens (tertiary/aromatic N) is 1. The molecule has 1 atom stereocenters. The molecule has 2 aromatic carbocycles. The largest absolute Gasteiger partial charge is 0.264 e. The fourth-order valence-corrected chi connectivity index (χ4v) is 3.54. The lowest BCUT2D eigenvalue weighted by Gasteiger charge is -2.17. The van der Waals surface area contributed by atoms with Crippen LogP contribution in [0.15, 0.2) is 82.4 Å². The van der Waals surface area contributed by atoms with Crippen LogP contribution in [0.2, 0.25) is 0 Å². The summed E-state index contributed by atoms with van der Waals surface area (Å²) in [4.78, 5) is 5.25. The van der Waals surface area contributed by atoms with E-state index in [-0.39, 0.29) is 11.1 Å². The third-order valence-electron chi connectivity index (χ3n) is 3.23. The Morgan fingerprint density at radius 3 is 2.27 bits per heavy atom. The van der Waals surface area contributed by atoms with Crippen molar-refractivity contribution in [1.29, 1.82) is 0 Å². The Kier molecular flexibility index (Phi) is 4.90. The van der Waals surface area contributed by atoms with E-state index in [1.54, 1.807) is 18.0 Å². The SMILES string of the molecule is Fc1ccc(SC(c2ccc(Br)cc2)c2cccnc2)cc1. The van der Waals surface area contributed by atoms with Gasteiger partial charge in [-0.2, -0.15) is 0 Å². The number of halogens is 2. The Morgan fingerprint density at radius 1 is 0.909 bits per heavy atom. The summed E-state index contributed by atoms with van der Waals surface area (Å²) in [6, 6.07) is 18.9.